The molecule has 18 heavy (non-hydrogen) atoms. The Labute approximate surface area is 109 Å². The van der Waals surface area contributed by atoms with Crippen LogP contribution in [-0.2, 0) is 18.9 Å². The van der Waals surface area contributed by atoms with Crippen LogP contribution in [0, 0.1) is 0 Å². The Morgan fingerprint density at radius 2 is 1.94 bits per heavy atom. The van der Waals surface area contributed by atoms with Gasteiger partial charge in [0.05, 0.1) is 6.61 Å². The van der Waals surface area contributed by atoms with Gasteiger partial charge in [0.1, 0.15) is 12.2 Å². The third-order valence-corrected chi connectivity index (χ3v) is 2.70. The molecule has 0 aromatic heterocycles. The molecule has 0 saturated carbocycles. The van der Waals surface area contributed by atoms with Crippen LogP contribution in [0.15, 0.2) is 12.2 Å². The third kappa shape index (κ3) is 4.03. The molecule has 0 spiro atoms. The average molecular weight is 260 g/mol. The van der Waals surface area contributed by atoms with E-state index in [-0.39, 0.29) is 0 Å². The predicted octanol–water partition coefficient (Wildman–Crippen LogP) is 1.45. The standard InChI is InChI=1S/C13H24O5/c1-6-15-12(16-7-2)9(3)11(14)10-8-17-13(4,5)18-10/h10-12,14H,3,6-8H2,1-2,4-5H3/t10-,11+/m1/s1. The van der Waals surface area contributed by atoms with E-state index in [0.29, 0.717) is 25.4 Å². The lowest BCUT2D eigenvalue weighted by Crippen LogP contribution is -2.37. The van der Waals surface area contributed by atoms with Crippen LogP contribution in [0.2, 0.25) is 0 Å². The van der Waals surface area contributed by atoms with Crippen LogP contribution >= 0.6 is 0 Å². The van der Waals surface area contributed by atoms with Gasteiger partial charge in [0.2, 0.25) is 0 Å². The fraction of sp³-hybridized carbons (Fsp3) is 0.846. The second-order valence-electron chi connectivity index (χ2n) is 4.63. The van der Waals surface area contributed by atoms with Gasteiger partial charge >= 0.3 is 0 Å². The van der Waals surface area contributed by atoms with Crippen molar-refractivity contribution in [3.63, 3.8) is 0 Å². The topological polar surface area (TPSA) is 57.2 Å². The van der Waals surface area contributed by atoms with E-state index in [1.165, 1.54) is 0 Å². The zero-order chi connectivity index (χ0) is 13.8. The zero-order valence-electron chi connectivity index (χ0n) is 11.6. The van der Waals surface area contributed by atoms with E-state index in [9.17, 15) is 5.11 Å². The first kappa shape index (κ1) is 15.6. The third-order valence-electron chi connectivity index (χ3n) is 2.70. The molecular formula is C13H24O5. The van der Waals surface area contributed by atoms with Crippen LogP contribution in [0.4, 0.5) is 0 Å². The van der Waals surface area contributed by atoms with Gasteiger partial charge in [0.25, 0.3) is 0 Å². The lowest BCUT2D eigenvalue weighted by Gasteiger charge is -2.26. The van der Waals surface area contributed by atoms with Gasteiger partial charge < -0.3 is 24.1 Å². The molecule has 5 heteroatoms. The molecule has 1 aliphatic heterocycles. The Kier molecular flexibility index (Phi) is 5.75. The summed E-state index contributed by atoms with van der Waals surface area (Å²) in [4.78, 5) is 0. The zero-order valence-corrected chi connectivity index (χ0v) is 11.6. The van der Waals surface area contributed by atoms with E-state index in [0.717, 1.165) is 0 Å². The molecule has 0 unspecified atom stereocenters. The summed E-state index contributed by atoms with van der Waals surface area (Å²) in [5.74, 6) is -0.668. The summed E-state index contributed by atoms with van der Waals surface area (Å²) in [6, 6.07) is 0. The number of aliphatic hydroxyl groups excluding tert-OH is 1. The summed E-state index contributed by atoms with van der Waals surface area (Å²) in [6.07, 6.45) is -1.91. The Morgan fingerprint density at radius 1 is 1.39 bits per heavy atom. The van der Waals surface area contributed by atoms with Crippen LogP contribution in [-0.4, -0.2) is 49.2 Å². The number of hydrogen-bond acceptors (Lipinski definition) is 5. The van der Waals surface area contributed by atoms with E-state index >= 15 is 0 Å². The molecule has 2 atom stereocenters. The van der Waals surface area contributed by atoms with Gasteiger partial charge in [-0.05, 0) is 27.7 Å². The minimum Gasteiger partial charge on any atom is -0.386 e. The highest BCUT2D eigenvalue weighted by molar-refractivity contribution is 5.09. The number of rotatable bonds is 7. The summed E-state index contributed by atoms with van der Waals surface area (Å²) < 4.78 is 21.8. The van der Waals surface area contributed by atoms with Crippen molar-refractivity contribution in [2.45, 2.75) is 52.0 Å². The van der Waals surface area contributed by atoms with Crippen molar-refractivity contribution >= 4 is 0 Å². The number of ether oxygens (including phenoxy) is 4. The molecule has 1 N–H and O–H groups in total. The molecule has 1 aliphatic rings. The molecule has 0 aromatic carbocycles. The fourth-order valence-electron chi connectivity index (χ4n) is 1.81. The Hall–Kier alpha value is -0.460. The van der Waals surface area contributed by atoms with Crippen molar-refractivity contribution in [1.29, 1.82) is 0 Å². The van der Waals surface area contributed by atoms with Gasteiger partial charge in [0, 0.05) is 18.8 Å². The maximum Gasteiger partial charge on any atom is 0.182 e. The molecule has 0 radical (unpaired) electrons. The van der Waals surface area contributed by atoms with E-state index < -0.39 is 24.3 Å². The molecule has 0 aliphatic carbocycles. The van der Waals surface area contributed by atoms with Gasteiger partial charge in [-0.3, -0.25) is 0 Å². The highest BCUT2D eigenvalue weighted by atomic mass is 16.7. The Bertz CT molecular complexity index is 271. The molecule has 0 aromatic rings. The van der Waals surface area contributed by atoms with Crippen LogP contribution in [0.1, 0.15) is 27.7 Å². The molecular weight excluding hydrogens is 236 g/mol. The van der Waals surface area contributed by atoms with E-state index in [2.05, 4.69) is 6.58 Å². The van der Waals surface area contributed by atoms with E-state index in [1.54, 1.807) is 0 Å². The van der Waals surface area contributed by atoms with Gasteiger partial charge in [-0.25, -0.2) is 0 Å². The highest BCUT2D eigenvalue weighted by Gasteiger charge is 2.39. The van der Waals surface area contributed by atoms with Crippen molar-refractivity contribution in [3.8, 4) is 0 Å². The first-order valence-corrected chi connectivity index (χ1v) is 6.33. The molecule has 0 amide bonds. The summed E-state index contributed by atoms with van der Waals surface area (Å²) in [5, 5.41) is 10.2. The molecule has 1 saturated heterocycles. The SMILES string of the molecule is C=C(C(OCC)OCC)[C@H](O)[C@H]1COC(C)(C)O1. The smallest absolute Gasteiger partial charge is 0.182 e. The van der Waals surface area contributed by atoms with Crippen LogP contribution in [0.3, 0.4) is 0 Å². The minimum absolute atomic E-state index is 0.332. The lowest BCUT2D eigenvalue weighted by atomic mass is 10.1. The highest BCUT2D eigenvalue weighted by Crippen LogP contribution is 2.27. The number of hydrogen-bond donors (Lipinski definition) is 1. The van der Waals surface area contributed by atoms with Crippen LogP contribution < -0.4 is 0 Å². The Balaban J connectivity index is 2.59. The first-order chi connectivity index (χ1) is 8.41. The second kappa shape index (κ2) is 6.63. The minimum atomic E-state index is -0.866. The second-order valence-corrected chi connectivity index (χ2v) is 4.63. The molecule has 1 rings (SSSR count). The normalized spacial score (nSPS) is 24.4. The summed E-state index contributed by atoms with van der Waals surface area (Å²) in [7, 11) is 0. The monoisotopic (exact) mass is 260 g/mol. The first-order valence-electron chi connectivity index (χ1n) is 6.33. The summed E-state index contributed by atoms with van der Waals surface area (Å²) >= 11 is 0. The van der Waals surface area contributed by atoms with Crippen molar-refractivity contribution in [2.75, 3.05) is 19.8 Å². The van der Waals surface area contributed by atoms with Crippen molar-refractivity contribution in [2.24, 2.45) is 0 Å². The van der Waals surface area contributed by atoms with Gasteiger partial charge in [-0.1, -0.05) is 6.58 Å². The Morgan fingerprint density at radius 3 is 2.33 bits per heavy atom. The van der Waals surface area contributed by atoms with Gasteiger partial charge in [-0.15, -0.1) is 0 Å². The summed E-state index contributed by atoms with van der Waals surface area (Å²) in [5.41, 5.74) is 0.463. The van der Waals surface area contributed by atoms with E-state index in [4.69, 9.17) is 18.9 Å². The quantitative estimate of drug-likeness (QED) is 0.554. The maximum atomic E-state index is 10.2. The van der Waals surface area contributed by atoms with Crippen molar-refractivity contribution < 1.29 is 24.1 Å². The molecule has 0 bridgehead atoms. The lowest BCUT2D eigenvalue weighted by molar-refractivity contribution is -0.156. The molecule has 1 fully saturated rings. The van der Waals surface area contributed by atoms with E-state index in [1.807, 2.05) is 27.7 Å². The maximum absolute atomic E-state index is 10.2. The molecule has 1 heterocycles. The predicted molar refractivity (Wildman–Crippen MR) is 67.1 cm³/mol. The van der Waals surface area contributed by atoms with Crippen LogP contribution in [0.25, 0.3) is 0 Å². The molecule has 106 valence electrons. The fourth-order valence-corrected chi connectivity index (χ4v) is 1.81. The molecule has 5 nitrogen and oxygen atoms in total. The summed E-state index contributed by atoms with van der Waals surface area (Å²) in [6.45, 7) is 12.5. The largest absolute Gasteiger partial charge is 0.386 e. The van der Waals surface area contributed by atoms with Crippen LogP contribution in [0.5, 0.6) is 0 Å². The van der Waals surface area contributed by atoms with Crippen molar-refractivity contribution in [1.82, 2.24) is 0 Å². The van der Waals surface area contributed by atoms with Gasteiger partial charge in [-0.2, -0.15) is 0 Å². The number of aliphatic hydroxyl groups is 1. The average Bonchev–Trinajstić information content (AvgIpc) is 2.67. The van der Waals surface area contributed by atoms with Gasteiger partial charge in [0.15, 0.2) is 12.1 Å². The van der Waals surface area contributed by atoms with Crippen molar-refractivity contribution in [3.05, 3.63) is 12.2 Å².